The molecule has 0 aliphatic heterocycles. The molecule has 100 valence electrons. The van der Waals surface area contributed by atoms with Crippen LogP contribution in [0, 0.1) is 0 Å². The Morgan fingerprint density at radius 1 is 1.10 bits per heavy atom. The van der Waals surface area contributed by atoms with Gasteiger partial charge in [0.05, 0.1) is 5.56 Å². The number of hydrogen-bond acceptors (Lipinski definition) is 7. The van der Waals surface area contributed by atoms with Crippen molar-refractivity contribution in [2.75, 3.05) is 11.9 Å². The molecule has 0 atom stereocenters. The molecule has 0 amide bonds. The van der Waals surface area contributed by atoms with Gasteiger partial charge >= 0.3 is 0 Å². The minimum atomic E-state index is 0.389. The van der Waals surface area contributed by atoms with E-state index in [2.05, 4.69) is 30.4 Å². The minimum absolute atomic E-state index is 0.389. The monoisotopic (exact) mass is 268 g/mol. The Morgan fingerprint density at radius 3 is 2.55 bits per heavy atom. The van der Waals surface area contributed by atoms with E-state index in [0.29, 0.717) is 23.2 Å². The zero-order valence-electron chi connectivity index (χ0n) is 10.8. The van der Waals surface area contributed by atoms with E-state index < -0.39 is 0 Å². The van der Waals surface area contributed by atoms with E-state index in [-0.39, 0.29) is 0 Å². The van der Waals surface area contributed by atoms with E-state index in [1.807, 2.05) is 19.1 Å². The molecule has 3 heterocycles. The van der Waals surface area contributed by atoms with Gasteiger partial charge < -0.3 is 9.84 Å². The van der Waals surface area contributed by atoms with E-state index in [0.717, 1.165) is 12.1 Å². The predicted octanol–water partition coefficient (Wildman–Crippen LogP) is 2.02. The Morgan fingerprint density at radius 2 is 1.85 bits per heavy atom. The van der Waals surface area contributed by atoms with Crippen LogP contribution in [0.5, 0.6) is 0 Å². The molecule has 0 saturated heterocycles. The number of anilines is 1. The van der Waals surface area contributed by atoms with Crippen LogP contribution in [0.1, 0.15) is 6.92 Å². The molecular formula is C13H12N6O. The summed E-state index contributed by atoms with van der Waals surface area (Å²) in [6, 6.07) is 3.64. The van der Waals surface area contributed by atoms with Crippen LogP contribution in [-0.4, -0.2) is 31.6 Å². The first-order chi connectivity index (χ1) is 9.86. The van der Waals surface area contributed by atoms with Gasteiger partial charge in [-0.1, -0.05) is 5.16 Å². The Kier molecular flexibility index (Phi) is 3.32. The van der Waals surface area contributed by atoms with Gasteiger partial charge in [0, 0.05) is 36.9 Å². The number of nitrogens with zero attached hydrogens (tertiary/aromatic N) is 5. The maximum Gasteiger partial charge on any atom is 0.261 e. The van der Waals surface area contributed by atoms with Crippen molar-refractivity contribution in [3.05, 3.63) is 36.9 Å². The van der Waals surface area contributed by atoms with Gasteiger partial charge in [0.25, 0.3) is 5.89 Å². The number of rotatable bonds is 4. The Bertz CT molecular complexity index is 680. The van der Waals surface area contributed by atoms with Gasteiger partial charge in [0.15, 0.2) is 0 Å². The highest BCUT2D eigenvalue weighted by molar-refractivity contribution is 5.58. The molecule has 0 saturated carbocycles. The quantitative estimate of drug-likeness (QED) is 0.774. The molecule has 0 spiro atoms. The molecule has 0 aliphatic carbocycles. The van der Waals surface area contributed by atoms with Gasteiger partial charge in [-0.2, -0.15) is 4.98 Å². The first kappa shape index (κ1) is 12.2. The van der Waals surface area contributed by atoms with Crippen LogP contribution in [-0.2, 0) is 0 Å². The van der Waals surface area contributed by atoms with Gasteiger partial charge in [-0.05, 0) is 19.1 Å². The fraction of sp³-hybridized carbons (Fsp3) is 0.154. The van der Waals surface area contributed by atoms with Crippen molar-refractivity contribution >= 4 is 5.95 Å². The summed E-state index contributed by atoms with van der Waals surface area (Å²) in [5.41, 5.74) is 1.53. The molecule has 0 radical (unpaired) electrons. The zero-order valence-corrected chi connectivity index (χ0v) is 10.8. The summed E-state index contributed by atoms with van der Waals surface area (Å²) in [5.74, 6) is 1.48. The third-order valence-corrected chi connectivity index (χ3v) is 2.60. The van der Waals surface area contributed by atoms with Crippen LogP contribution < -0.4 is 5.32 Å². The number of nitrogens with one attached hydrogen (secondary N) is 1. The highest BCUT2D eigenvalue weighted by Gasteiger charge is 2.11. The second kappa shape index (κ2) is 5.43. The molecular weight excluding hydrogens is 256 g/mol. The van der Waals surface area contributed by atoms with Crippen molar-refractivity contribution < 1.29 is 4.52 Å². The topological polar surface area (TPSA) is 89.6 Å². The first-order valence-corrected chi connectivity index (χ1v) is 6.17. The molecule has 1 N–H and O–H groups in total. The fourth-order valence-electron chi connectivity index (χ4n) is 1.65. The summed E-state index contributed by atoms with van der Waals surface area (Å²) in [5, 5.41) is 6.96. The van der Waals surface area contributed by atoms with Crippen LogP contribution >= 0.6 is 0 Å². The summed E-state index contributed by atoms with van der Waals surface area (Å²) < 4.78 is 5.22. The van der Waals surface area contributed by atoms with Crippen LogP contribution in [0.3, 0.4) is 0 Å². The SMILES string of the molecule is CCNc1ncc(-c2nc(-c3ccncc3)no2)cn1. The molecule has 0 fully saturated rings. The molecule has 3 aromatic rings. The van der Waals surface area contributed by atoms with Crippen molar-refractivity contribution in [1.82, 2.24) is 25.1 Å². The standard InChI is InChI=1S/C13H12N6O/c1-2-15-13-16-7-10(8-17-13)12-18-11(19-20-12)9-3-5-14-6-4-9/h3-8H,2H2,1H3,(H,15,16,17). The average molecular weight is 268 g/mol. The highest BCUT2D eigenvalue weighted by atomic mass is 16.5. The lowest BCUT2D eigenvalue weighted by molar-refractivity contribution is 0.432. The number of pyridine rings is 1. The Hall–Kier alpha value is -2.83. The van der Waals surface area contributed by atoms with E-state index >= 15 is 0 Å². The molecule has 7 nitrogen and oxygen atoms in total. The van der Waals surface area contributed by atoms with Crippen LogP contribution in [0.25, 0.3) is 22.8 Å². The average Bonchev–Trinajstić information content (AvgIpc) is 2.99. The van der Waals surface area contributed by atoms with E-state index in [1.54, 1.807) is 24.8 Å². The second-order valence-corrected chi connectivity index (χ2v) is 3.98. The normalized spacial score (nSPS) is 10.4. The van der Waals surface area contributed by atoms with Gasteiger partial charge in [-0.15, -0.1) is 0 Å². The lowest BCUT2D eigenvalue weighted by atomic mass is 10.2. The summed E-state index contributed by atoms with van der Waals surface area (Å²) in [6.07, 6.45) is 6.66. The minimum Gasteiger partial charge on any atom is -0.355 e. The maximum atomic E-state index is 5.22. The second-order valence-electron chi connectivity index (χ2n) is 3.98. The lowest BCUT2D eigenvalue weighted by Gasteiger charge is -1.99. The van der Waals surface area contributed by atoms with Crippen molar-refractivity contribution in [3.63, 3.8) is 0 Å². The van der Waals surface area contributed by atoms with Crippen molar-refractivity contribution in [1.29, 1.82) is 0 Å². The molecule has 7 heteroatoms. The number of hydrogen-bond donors (Lipinski definition) is 1. The van der Waals surface area contributed by atoms with Crippen LogP contribution in [0.4, 0.5) is 5.95 Å². The van der Waals surface area contributed by atoms with Crippen LogP contribution in [0.2, 0.25) is 0 Å². The molecule has 20 heavy (non-hydrogen) atoms. The van der Waals surface area contributed by atoms with E-state index in [9.17, 15) is 0 Å². The molecule has 3 aromatic heterocycles. The third-order valence-electron chi connectivity index (χ3n) is 2.60. The van der Waals surface area contributed by atoms with E-state index in [4.69, 9.17) is 4.52 Å². The van der Waals surface area contributed by atoms with Gasteiger partial charge in [0.2, 0.25) is 11.8 Å². The highest BCUT2D eigenvalue weighted by Crippen LogP contribution is 2.20. The number of aromatic nitrogens is 5. The van der Waals surface area contributed by atoms with E-state index in [1.165, 1.54) is 0 Å². The van der Waals surface area contributed by atoms with Crippen molar-refractivity contribution in [2.24, 2.45) is 0 Å². The summed E-state index contributed by atoms with van der Waals surface area (Å²) >= 11 is 0. The van der Waals surface area contributed by atoms with Crippen molar-refractivity contribution in [2.45, 2.75) is 6.92 Å². The summed E-state index contributed by atoms with van der Waals surface area (Å²) in [7, 11) is 0. The smallest absolute Gasteiger partial charge is 0.261 e. The van der Waals surface area contributed by atoms with Gasteiger partial charge in [-0.25, -0.2) is 9.97 Å². The lowest BCUT2D eigenvalue weighted by Crippen LogP contribution is -2.01. The summed E-state index contributed by atoms with van der Waals surface area (Å²) in [6.45, 7) is 2.75. The molecule has 0 bridgehead atoms. The predicted molar refractivity (Wildman–Crippen MR) is 72.7 cm³/mol. The van der Waals surface area contributed by atoms with Gasteiger partial charge in [-0.3, -0.25) is 4.98 Å². The maximum absolute atomic E-state index is 5.22. The van der Waals surface area contributed by atoms with Gasteiger partial charge in [0.1, 0.15) is 0 Å². The molecule has 0 unspecified atom stereocenters. The Balaban J connectivity index is 1.86. The fourth-order valence-corrected chi connectivity index (χ4v) is 1.65. The summed E-state index contributed by atoms with van der Waals surface area (Å²) in [4.78, 5) is 16.6. The largest absolute Gasteiger partial charge is 0.355 e. The molecule has 3 rings (SSSR count). The Labute approximate surface area is 115 Å². The zero-order chi connectivity index (χ0) is 13.8. The first-order valence-electron chi connectivity index (χ1n) is 6.17. The molecule has 0 aromatic carbocycles. The van der Waals surface area contributed by atoms with Crippen LogP contribution in [0.15, 0.2) is 41.4 Å². The molecule has 0 aliphatic rings. The third kappa shape index (κ3) is 2.46. The van der Waals surface area contributed by atoms with Crippen molar-refractivity contribution in [3.8, 4) is 22.8 Å².